The number of aliphatic carboxylic acids is 1. The molecule has 1 aromatic carbocycles. The van der Waals surface area contributed by atoms with Crippen LogP contribution < -0.4 is 5.32 Å². The summed E-state index contributed by atoms with van der Waals surface area (Å²) in [6.07, 6.45) is 0.345. The number of amides is 1. The number of carbonyl (C=O) groups excluding carboxylic acids is 1. The lowest BCUT2D eigenvalue weighted by atomic mass is 9.96. The molecule has 1 amide bonds. The molecule has 2 aromatic rings. The van der Waals surface area contributed by atoms with Gasteiger partial charge in [-0.3, -0.25) is 4.79 Å². The Kier molecular flexibility index (Phi) is 5.79. The standard InChI is InChI=1S/C19H25N3O4/c1-11(2)10-14(17(24)25)20-15(23)12-8-6-7-9-13(12)16-21-18(22-26-16)19(3,4)5/h6-9,11,14H,10H2,1-5H3,(H,20,23)(H,24,25)/t14-/m1/s1. The molecule has 0 unspecified atom stereocenters. The molecule has 0 radical (unpaired) electrons. The van der Waals surface area contributed by atoms with Crippen molar-refractivity contribution < 1.29 is 19.2 Å². The Bertz CT molecular complexity index is 790. The summed E-state index contributed by atoms with van der Waals surface area (Å²) in [5, 5.41) is 15.9. The second kappa shape index (κ2) is 7.68. The topological polar surface area (TPSA) is 105 Å². The van der Waals surface area contributed by atoms with Crippen molar-refractivity contribution in [3.8, 4) is 11.5 Å². The van der Waals surface area contributed by atoms with Crippen molar-refractivity contribution in [1.82, 2.24) is 15.5 Å². The number of carboxylic acid groups (broad SMARTS) is 1. The molecule has 0 saturated carbocycles. The number of carboxylic acids is 1. The molecule has 0 aliphatic carbocycles. The molecule has 0 aliphatic heterocycles. The molecule has 2 rings (SSSR count). The number of carbonyl (C=O) groups is 2. The van der Waals surface area contributed by atoms with Crippen molar-refractivity contribution in [2.75, 3.05) is 0 Å². The van der Waals surface area contributed by atoms with Crippen molar-refractivity contribution >= 4 is 11.9 Å². The number of aromatic nitrogens is 2. The normalized spacial score (nSPS) is 12.8. The van der Waals surface area contributed by atoms with E-state index in [4.69, 9.17) is 4.52 Å². The minimum absolute atomic E-state index is 0.136. The van der Waals surface area contributed by atoms with E-state index in [-0.39, 0.29) is 17.2 Å². The highest BCUT2D eigenvalue weighted by Crippen LogP contribution is 2.26. The molecule has 0 aliphatic rings. The Morgan fingerprint density at radius 2 is 1.88 bits per heavy atom. The maximum atomic E-state index is 12.7. The lowest BCUT2D eigenvalue weighted by molar-refractivity contribution is -0.139. The van der Waals surface area contributed by atoms with Crippen LogP contribution in [0, 0.1) is 5.92 Å². The Balaban J connectivity index is 2.32. The Morgan fingerprint density at radius 1 is 1.23 bits per heavy atom. The van der Waals surface area contributed by atoms with Crippen LogP contribution in [0.25, 0.3) is 11.5 Å². The first-order chi connectivity index (χ1) is 12.1. The van der Waals surface area contributed by atoms with E-state index in [0.29, 0.717) is 23.4 Å². The van der Waals surface area contributed by atoms with Gasteiger partial charge in [0, 0.05) is 5.41 Å². The molecule has 1 atom stereocenters. The molecule has 0 fully saturated rings. The minimum Gasteiger partial charge on any atom is -0.480 e. The summed E-state index contributed by atoms with van der Waals surface area (Å²) in [6.45, 7) is 9.70. The third-order valence-corrected chi connectivity index (χ3v) is 3.81. The smallest absolute Gasteiger partial charge is 0.326 e. The molecule has 0 bridgehead atoms. The zero-order valence-electron chi connectivity index (χ0n) is 15.7. The first-order valence-corrected chi connectivity index (χ1v) is 8.57. The van der Waals surface area contributed by atoms with Gasteiger partial charge in [0.25, 0.3) is 11.8 Å². The average molecular weight is 359 g/mol. The molecule has 1 heterocycles. The second-order valence-corrected chi connectivity index (χ2v) is 7.71. The first-order valence-electron chi connectivity index (χ1n) is 8.57. The van der Waals surface area contributed by atoms with Crippen molar-refractivity contribution in [2.45, 2.75) is 52.5 Å². The largest absolute Gasteiger partial charge is 0.480 e. The fourth-order valence-electron chi connectivity index (χ4n) is 2.43. The third-order valence-electron chi connectivity index (χ3n) is 3.81. The average Bonchev–Trinajstić information content (AvgIpc) is 3.03. The van der Waals surface area contributed by atoms with Crippen LogP contribution in [0.15, 0.2) is 28.8 Å². The summed E-state index contributed by atoms with van der Waals surface area (Å²) in [7, 11) is 0. The quantitative estimate of drug-likeness (QED) is 0.820. The zero-order chi connectivity index (χ0) is 19.5. The number of hydrogen-bond donors (Lipinski definition) is 2. The number of hydrogen-bond acceptors (Lipinski definition) is 5. The second-order valence-electron chi connectivity index (χ2n) is 7.71. The summed E-state index contributed by atoms with van der Waals surface area (Å²) in [5.41, 5.74) is 0.484. The van der Waals surface area contributed by atoms with Gasteiger partial charge >= 0.3 is 5.97 Å². The lowest BCUT2D eigenvalue weighted by Crippen LogP contribution is -2.41. The van der Waals surface area contributed by atoms with Gasteiger partial charge in [-0.1, -0.05) is 51.9 Å². The fourth-order valence-corrected chi connectivity index (χ4v) is 2.43. The fraction of sp³-hybridized carbons (Fsp3) is 0.474. The summed E-state index contributed by atoms with van der Waals surface area (Å²) in [4.78, 5) is 28.5. The highest BCUT2D eigenvalue weighted by molar-refractivity contribution is 6.01. The van der Waals surface area contributed by atoms with E-state index in [1.54, 1.807) is 24.3 Å². The molecule has 0 saturated heterocycles. The van der Waals surface area contributed by atoms with Gasteiger partial charge in [-0.2, -0.15) is 4.98 Å². The summed E-state index contributed by atoms with van der Waals surface area (Å²) < 4.78 is 5.33. The van der Waals surface area contributed by atoms with Gasteiger partial charge in [-0.25, -0.2) is 4.79 Å². The van der Waals surface area contributed by atoms with Crippen LogP contribution in [0.1, 0.15) is 57.2 Å². The molecule has 2 N–H and O–H groups in total. The monoisotopic (exact) mass is 359 g/mol. The maximum Gasteiger partial charge on any atom is 0.326 e. The van der Waals surface area contributed by atoms with Gasteiger partial charge in [0.2, 0.25) is 0 Å². The van der Waals surface area contributed by atoms with Crippen LogP contribution in [0.5, 0.6) is 0 Å². The first kappa shape index (κ1) is 19.6. The van der Waals surface area contributed by atoms with Crippen molar-refractivity contribution in [1.29, 1.82) is 0 Å². The summed E-state index contributed by atoms with van der Waals surface area (Å²) >= 11 is 0. The van der Waals surface area contributed by atoms with Gasteiger partial charge in [-0.05, 0) is 24.5 Å². The Labute approximate surface area is 152 Å². The van der Waals surface area contributed by atoms with E-state index in [2.05, 4.69) is 15.5 Å². The molecule has 140 valence electrons. The van der Waals surface area contributed by atoms with Gasteiger partial charge < -0.3 is 14.9 Å². The minimum atomic E-state index is -1.06. The van der Waals surface area contributed by atoms with Crippen LogP contribution in [0.3, 0.4) is 0 Å². The summed E-state index contributed by atoms with van der Waals surface area (Å²) in [5.74, 6) is -0.638. The molecular formula is C19H25N3O4. The molecule has 7 heteroatoms. The predicted molar refractivity (Wildman–Crippen MR) is 96.8 cm³/mol. The predicted octanol–water partition coefficient (Wildman–Crippen LogP) is 3.26. The molecule has 7 nitrogen and oxygen atoms in total. The van der Waals surface area contributed by atoms with Crippen LogP contribution in [-0.4, -0.2) is 33.2 Å². The van der Waals surface area contributed by atoms with Gasteiger partial charge in [-0.15, -0.1) is 0 Å². The third kappa shape index (κ3) is 4.68. The van der Waals surface area contributed by atoms with Crippen molar-refractivity contribution in [3.05, 3.63) is 35.7 Å². The molecule has 26 heavy (non-hydrogen) atoms. The van der Waals surface area contributed by atoms with Crippen molar-refractivity contribution in [3.63, 3.8) is 0 Å². The van der Waals surface area contributed by atoms with Crippen LogP contribution in [-0.2, 0) is 10.2 Å². The number of nitrogens with zero attached hydrogens (tertiary/aromatic N) is 2. The Hall–Kier alpha value is -2.70. The molecule has 1 aromatic heterocycles. The summed E-state index contributed by atoms with van der Waals surface area (Å²) in [6, 6.07) is 5.82. The van der Waals surface area contributed by atoms with Gasteiger partial charge in [0.15, 0.2) is 5.82 Å². The SMILES string of the molecule is CC(C)C[C@@H](NC(=O)c1ccccc1-c1nc(C(C)(C)C)no1)C(=O)O. The highest BCUT2D eigenvalue weighted by atomic mass is 16.5. The Morgan fingerprint density at radius 3 is 2.42 bits per heavy atom. The zero-order valence-corrected chi connectivity index (χ0v) is 15.7. The molecular weight excluding hydrogens is 334 g/mol. The number of rotatable bonds is 6. The van der Waals surface area contributed by atoms with E-state index < -0.39 is 17.9 Å². The van der Waals surface area contributed by atoms with Crippen LogP contribution in [0.2, 0.25) is 0 Å². The van der Waals surface area contributed by atoms with E-state index in [1.807, 2.05) is 34.6 Å². The van der Waals surface area contributed by atoms with E-state index in [9.17, 15) is 14.7 Å². The number of benzene rings is 1. The van der Waals surface area contributed by atoms with Crippen LogP contribution in [0.4, 0.5) is 0 Å². The van der Waals surface area contributed by atoms with E-state index in [1.165, 1.54) is 0 Å². The maximum absolute atomic E-state index is 12.7. The van der Waals surface area contributed by atoms with Gasteiger partial charge in [0.1, 0.15) is 6.04 Å². The number of nitrogens with one attached hydrogen (secondary N) is 1. The lowest BCUT2D eigenvalue weighted by Gasteiger charge is -2.17. The van der Waals surface area contributed by atoms with Gasteiger partial charge in [0.05, 0.1) is 11.1 Å². The van der Waals surface area contributed by atoms with Crippen molar-refractivity contribution in [2.24, 2.45) is 5.92 Å². The van der Waals surface area contributed by atoms with E-state index >= 15 is 0 Å². The van der Waals surface area contributed by atoms with E-state index in [0.717, 1.165) is 0 Å². The highest BCUT2D eigenvalue weighted by Gasteiger charge is 2.26. The molecule has 0 spiro atoms. The van der Waals surface area contributed by atoms with Crippen LogP contribution >= 0.6 is 0 Å².